The van der Waals surface area contributed by atoms with E-state index in [0.29, 0.717) is 13.0 Å². The first-order valence-electron chi connectivity index (χ1n) is 10.3. The van der Waals surface area contributed by atoms with Crippen molar-refractivity contribution in [3.63, 3.8) is 0 Å². The molecule has 2 heterocycles. The van der Waals surface area contributed by atoms with E-state index in [1.807, 2.05) is 0 Å². The van der Waals surface area contributed by atoms with Gasteiger partial charge in [-0.2, -0.15) is 0 Å². The molecule has 0 radical (unpaired) electrons. The lowest BCUT2D eigenvalue weighted by Crippen LogP contribution is -2.49. The summed E-state index contributed by atoms with van der Waals surface area (Å²) in [4.78, 5) is 23.1. The molecule has 0 aliphatic carbocycles. The number of hydrogen-bond acceptors (Lipinski definition) is 6. The number of anilines is 2. The average molecular weight is 514 g/mol. The summed E-state index contributed by atoms with van der Waals surface area (Å²) < 4.78 is 52.9. The van der Waals surface area contributed by atoms with Crippen LogP contribution < -0.4 is 19.7 Å². The molecule has 0 aromatic heterocycles. The van der Waals surface area contributed by atoms with Crippen molar-refractivity contribution in [2.45, 2.75) is 29.9 Å². The van der Waals surface area contributed by atoms with Gasteiger partial charge in [-0.3, -0.25) is 14.4 Å². The highest BCUT2D eigenvalue weighted by Crippen LogP contribution is 2.39. The summed E-state index contributed by atoms with van der Waals surface area (Å²) in [5.41, 5.74) is 0.200. The van der Waals surface area contributed by atoms with Crippen LogP contribution >= 0.6 is 11.6 Å². The Bertz CT molecular complexity index is 1220. The fourth-order valence-corrected chi connectivity index (χ4v) is 5.50. The summed E-state index contributed by atoms with van der Waals surface area (Å²) in [7, 11) is -4.26. The van der Waals surface area contributed by atoms with Gasteiger partial charge in [0.2, 0.25) is 5.91 Å². The van der Waals surface area contributed by atoms with Crippen LogP contribution in [0.1, 0.15) is 12.8 Å². The molecule has 4 rings (SSSR count). The molecule has 0 bridgehead atoms. The number of carbonyl (C=O) groups is 2. The zero-order chi connectivity index (χ0) is 24.5. The van der Waals surface area contributed by atoms with E-state index in [1.54, 1.807) is 0 Å². The number of hydrogen-bond donors (Lipinski definition) is 3. The second-order valence-electron chi connectivity index (χ2n) is 7.71. The number of carboxylic acid groups (broad SMARTS) is 1. The van der Waals surface area contributed by atoms with Crippen LogP contribution in [0.2, 0.25) is 5.02 Å². The van der Waals surface area contributed by atoms with Gasteiger partial charge in [-0.25, -0.2) is 17.6 Å². The smallest absolute Gasteiger partial charge is 0.409 e. The van der Waals surface area contributed by atoms with Gasteiger partial charge >= 0.3 is 6.09 Å². The van der Waals surface area contributed by atoms with Crippen molar-refractivity contribution in [2.75, 3.05) is 29.3 Å². The molecule has 2 aliphatic rings. The van der Waals surface area contributed by atoms with E-state index < -0.39 is 34.1 Å². The normalized spacial score (nSPS) is 19.8. The molecule has 34 heavy (non-hydrogen) atoms. The number of rotatable bonds is 6. The van der Waals surface area contributed by atoms with Crippen LogP contribution in [-0.2, 0) is 19.6 Å². The molecule has 2 aromatic rings. The minimum absolute atomic E-state index is 0.00343. The topological polar surface area (TPSA) is 134 Å². The van der Waals surface area contributed by atoms with Gasteiger partial charge in [0.1, 0.15) is 23.8 Å². The molecule has 182 valence electrons. The van der Waals surface area contributed by atoms with Crippen molar-refractivity contribution >= 4 is 45.0 Å². The first-order valence-corrected chi connectivity index (χ1v) is 12.1. The lowest BCUT2D eigenvalue weighted by atomic mass is 10.2. The molecule has 3 N–H and O–H groups in total. The van der Waals surface area contributed by atoms with Crippen LogP contribution in [0.15, 0.2) is 41.3 Å². The average Bonchev–Trinajstić information content (AvgIpc) is 3.33. The molecule has 0 saturated carbocycles. The highest BCUT2D eigenvalue weighted by Gasteiger charge is 2.36. The summed E-state index contributed by atoms with van der Waals surface area (Å²) in [6.07, 6.45) is -1.26. The van der Waals surface area contributed by atoms with Crippen LogP contribution in [0.3, 0.4) is 0 Å². The van der Waals surface area contributed by atoms with Gasteiger partial charge in [0.05, 0.1) is 28.7 Å². The molecule has 2 aromatic carbocycles. The lowest BCUT2D eigenvalue weighted by molar-refractivity contribution is -0.130. The van der Waals surface area contributed by atoms with E-state index in [-0.39, 0.29) is 46.0 Å². The summed E-state index contributed by atoms with van der Waals surface area (Å²) in [6, 6.07) is 7.18. The number of carbonyl (C=O) groups excluding carboxylic acids is 1. The van der Waals surface area contributed by atoms with E-state index in [2.05, 4.69) is 10.6 Å². The number of benzene rings is 2. The predicted octanol–water partition coefficient (Wildman–Crippen LogP) is 2.82. The molecule has 2 atom stereocenters. The molecule has 1 unspecified atom stereocenters. The summed E-state index contributed by atoms with van der Waals surface area (Å²) in [5.74, 6) is -0.923. The summed E-state index contributed by atoms with van der Waals surface area (Å²) in [5, 5.41) is 13.5. The molecule has 1 saturated heterocycles. The van der Waals surface area contributed by atoms with Crippen molar-refractivity contribution in [1.82, 2.24) is 5.32 Å². The quantitative estimate of drug-likeness (QED) is 0.540. The molecular weight excluding hydrogens is 493 g/mol. The van der Waals surface area contributed by atoms with Gasteiger partial charge in [-0.15, -0.1) is 0 Å². The van der Waals surface area contributed by atoms with Gasteiger partial charge in [0, 0.05) is 12.3 Å². The largest absolute Gasteiger partial charge is 0.484 e. The van der Waals surface area contributed by atoms with Crippen molar-refractivity contribution in [3.8, 4) is 5.75 Å². The lowest BCUT2D eigenvalue weighted by Gasteiger charge is -2.36. The Balaban J connectivity index is 1.65. The Labute approximate surface area is 199 Å². The number of amides is 2. The minimum atomic E-state index is -4.26. The maximum Gasteiger partial charge on any atom is 0.409 e. The summed E-state index contributed by atoms with van der Waals surface area (Å²) >= 11 is 5.80. The van der Waals surface area contributed by atoms with Crippen LogP contribution in [0.4, 0.5) is 20.6 Å². The van der Waals surface area contributed by atoms with Crippen molar-refractivity contribution in [2.24, 2.45) is 0 Å². The van der Waals surface area contributed by atoms with E-state index in [1.165, 1.54) is 18.2 Å². The fourth-order valence-electron chi connectivity index (χ4n) is 3.72. The van der Waals surface area contributed by atoms with Gasteiger partial charge < -0.3 is 19.9 Å². The number of nitrogens with zero attached hydrogens (tertiary/aromatic N) is 1. The van der Waals surface area contributed by atoms with Crippen molar-refractivity contribution < 1.29 is 37.0 Å². The monoisotopic (exact) mass is 513 g/mol. The fraction of sp³-hybridized carbons (Fsp3) is 0.333. The van der Waals surface area contributed by atoms with E-state index >= 15 is 0 Å². The molecule has 13 heteroatoms. The Morgan fingerprint density at radius 1 is 1.24 bits per heavy atom. The van der Waals surface area contributed by atoms with E-state index in [4.69, 9.17) is 26.2 Å². The molecule has 0 spiro atoms. The first-order chi connectivity index (χ1) is 16.1. The van der Waals surface area contributed by atoms with Crippen molar-refractivity contribution in [3.05, 3.63) is 47.2 Å². The minimum Gasteiger partial charge on any atom is -0.484 e. The number of halogens is 2. The van der Waals surface area contributed by atoms with Crippen LogP contribution in [0.5, 0.6) is 5.75 Å². The maximum absolute atomic E-state index is 13.6. The SMILES string of the molecule is O=C(O)Nc1ccc2c(c1)N(S(=O)(=O)c1ccc(F)c(Cl)c1)C[C@H](CNC(=O)C1CCCO1)O2. The number of fused-ring (bicyclic) bond motifs is 1. The summed E-state index contributed by atoms with van der Waals surface area (Å²) in [6.45, 7) is 0.306. The third-order valence-electron chi connectivity index (χ3n) is 5.35. The zero-order valence-corrected chi connectivity index (χ0v) is 19.2. The zero-order valence-electron chi connectivity index (χ0n) is 17.7. The Hall–Kier alpha value is -3.09. The number of nitrogens with one attached hydrogen (secondary N) is 2. The maximum atomic E-state index is 13.6. The second kappa shape index (κ2) is 9.65. The van der Waals surface area contributed by atoms with Gasteiger partial charge in [-0.1, -0.05) is 11.6 Å². The highest BCUT2D eigenvalue weighted by molar-refractivity contribution is 7.92. The van der Waals surface area contributed by atoms with Crippen LogP contribution in [-0.4, -0.2) is 57.4 Å². The molecule has 1 fully saturated rings. The Kier molecular flexibility index (Phi) is 6.82. The predicted molar refractivity (Wildman–Crippen MR) is 120 cm³/mol. The number of sulfonamides is 1. The van der Waals surface area contributed by atoms with Gasteiger partial charge in [0.25, 0.3) is 10.0 Å². The molecular formula is C21H21ClFN3O7S. The third-order valence-corrected chi connectivity index (χ3v) is 7.41. The first kappa shape index (κ1) is 24.0. The number of ether oxygens (including phenoxy) is 2. The third kappa shape index (κ3) is 5.03. The van der Waals surface area contributed by atoms with Crippen LogP contribution in [0, 0.1) is 5.82 Å². The molecule has 10 nitrogen and oxygen atoms in total. The Morgan fingerprint density at radius 3 is 2.71 bits per heavy atom. The van der Waals surface area contributed by atoms with Gasteiger partial charge in [0.15, 0.2) is 0 Å². The van der Waals surface area contributed by atoms with E-state index in [9.17, 15) is 22.4 Å². The molecule has 2 aliphatic heterocycles. The standard InChI is InChI=1S/C21H21ClFN3O7S/c22-15-9-14(4-5-16(15)23)34(30,31)26-11-13(10-24-20(27)19-2-1-7-32-19)33-18-6-3-12(8-17(18)26)25-21(28)29/h3-6,8-9,13,19,25H,1-2,7,10-11H2,(H,24,27)(H,28,29)/t13-,19?/m0/s1. The van der Waals surface area contributed by atoms with E-state index in [0.717, 1.165) is 28.9 Å². The highest BCUT2D eigenvalue weighted by atomic mass is 35.5. The van der Waals surface area contributed by atoms with Crippen LogP contribution in [0.25, 0.3) is 0 Å². The van der Waals surface area contributed by atoms with Crippen molar-refractivity contribution in [1.29, 1.82) is 0 Å². The van der Waals surface area contributed by atoms with Gasteiger partial charge in [-0.05, 0) is 49.2 Å². The second-order valence-corrected chi connectivity index (χ2v) is 9.98. The Morgan fingerprint density at radius 2 is 2.03 bits per heavy atom. The molecule has 2 amide bonds.